The van der Waals surface area contributed by atoms with E-state index in [4.69, 9.17) is 10.5 Å². The van der Waals surface area contributed by atoms with Crippen LogP contribution in [0.1, 0.15) is 12.1 Å². The average Bonchev–Trinajstić information content (AvgIpc) is 2.65. The van der Waals surface area contributed by atoms with E-state index < -0.39 is 0 Å². The van der Waals surface area contributed by atoms with E-state index in [-0.39, 0.29) is 0 Å². The van der Waals surface area contributed by atoms with Gasteiger partial charge < -0.3 is 10.5 Å². The maximum absolute atomic E-state index is 5.84. The van der Waals surface area contributed by atoms with E-state index in [9.17, 15) is 0 Å². The highest BCUT2D eigenvalue weighted by molar-refractivity contribution is 5.17. The molecule has 1 fully saturated rings. The Morgan fingerprint density at radius 2 is 2.33 bits per heavy atom. The van der Waals surface area contributed by atoms with E-state index >= 15 is 0 Å². The highest BCUT2D eigenvalue weighted by Gasteiger charge is 2.20. The Kier molecular flexibility index (Phi) is 3.13. The molecule has 1 unspecified atom stereocenters. The first-order valence-corrected chi connectivity index (χ1v) is 5.11. The van der Waals surface area contributed by atoms with Gasteiger partial charge in [0.05, 0.1) is 7.11 Å². The van der Waals surface area contributed by atoms with Crippen LogP contribution in [0.5, 0.6) is 5.88 Å². The SMILES string of the molecule is COc1nccnc1CN1CCC(N)C1. The van der Waals surface area contributed by atoms with Crippen molar-refractivity contribution in [3.05, 3.63) is 18.1 Å². The molecule has 0 spiro atoms. The van der Waals surface area contributed by atoms with Gasteiger partial charge in [0.1, 0.15) is 5.69 Å². The van der Waals surface area contributed by atoms with E-state index in [0.717, 1.165) is 31.7 Å². The van der Waals surface area contributed by atoms with Crippen LogP contribution in [0.2, 0.25) is 0 Å². The van der Waals surface area contributed by atoms with Gasteiger partial charge in [0.2, 0.25) is 5.88 Å². The first-order chi connectivity index (χ1) is 7.29. The highest BCUT2D eigenvalue weighted by Crippen LogP contribution is 2.16. The van der Waals surface area contributed by atoms with E-state index in [1.54, 1.807) is 19.5 Å². The van der Waals surface area contributed by atoms with E-state index in [1.165, 1.54) is 0 Å². The molecule has 2 heterocycles. The van der Waals surface area contributed by atoms with Gasteiger partial charge in [-0.3, -0.25) is 9.88 Å². The zero-order valence-corrected chi connectivity index (χ0v) is 8.89. The minimum Gasteiger partial charge on any atom is -0.480 e. The highest BCUT2D eigenvalue weighted by atomic mass is 16.5. The minimum absolute atomic E-state index is 0.299. The quantitative estimate of drug-likeness (QED) is 0.758. The molecular formula is C10H16N4O. The fourth-order valence-electron chi connectivity index (χ4n) is 1.85. The zero-order chi connectivity index (χ0) is 10.7. The van der Waals surface area contributed by atoms with Crippen molar-refractivity contribution < 1.29 is 4.74 Å². The van der Waals surface area contributed by atoms with Gasteiger partial charge in [0, 0.05) is 38.1 Å². The smallest absolute Gasteiger partial charge is 0.236 e. The first-order valence-electron chi connectivity index (χ1n) is 5.11. The van der Waals surface area contributed by atoms with Crippen LogP contribution in [-0.2, 0) is 6.54 Å². The van der Waals surface area contributed by atoms with Crippen molar-refractivity contribution >= 4 is 0 Å². The van der Waals surface area contributed by atoms with Crippen LogP contribution in [-0.4, -0.2) is 41.1 Å². The molecule has 5 nitrogen and oxygen atoms in total. The summed E-state index contributed by atoms with van der Waals surface area (Å²) in [7, 11) is 1.61. The lowest BCUT2D eigenvalue weighted by atomic mass is 10.3. The van der Waals surface area contributed by atoms with Crippen molar-refractivity contribution in [3.8, 4) is 5.88 Å². The maximum atomic E-state index is 5.84. The summed E-state index contributed by atoms with van der Waals surface area (Å²) in [6.45, 7) is 2.73. The third kappa shape index (κ3) is 2.43. The normalized spacial score (nSPS) is 21.9. The Hall–Kier alpha value is -1.20. The third-order valence-electron chi connectivity index (χ3n) is 2.61. The zero-order valence-electron chi connectivity index (χ0n) is 8.89. The molecule has 1 aromatic heterocycles. The number of rotatable bonds is 3. The molecule has 0 radical (unpaired) electrons. The Labute approximate surface area is 89.3 Å². The van der Waals surface area contributed by atoms with Gasteiger partial charge in [-0.25, -0.2) is 4.98 Å². The monoisotopic (exact) mass is 208 g/mol. The van der Waals surface area contributed by atoms with Gasteiger partial charge in [-0.1, -0.05) is 0 Å². The largest absolute Gasteiger partial charge is 0.480 e. The summed E-state index contributed by atoms with van der Waals surface area (Å²) in [5.41, 5.74) is 6.72. The molecule has 1 aliphatic heterocycles. The minimum atomic E-state index is 0.299. The summed E-state index contributed by atoms with van der Waals surface area (Å²) in [6, 6.07) is 0.299. The molecule has 2 rings (SSSR count). The number of hydrogen-bond donors (Lipinski definition) is 1. The Morgan fingerprint density at radius 1 is 1.53 bits per heavy atom. The van der Waals surface area contributed by atoms with Crippen LogP contribution in [0.25, 0.3) is 0 Å². The van der Waals surface area contributed by atoms with E-state index in [2.05, 4.69) is 14.9 Å². The summed E-state index contributed by atoms with van der Waals surface area (Å²) in [5, 5.41) is 0. The third-order valence-corrected chi connectivity index (χ3v) is 2.61. The molecule has 0 bridgehead atoms. The predicted octanol–water partition coefficient (Wildman–Crippen LogP) is 0.0182. The fraction of sp³-hybridized carbons (Fsp3) is 0.600. The number of hydrogen-bond acceptors (Lipinski definition) is 5. The molecule has 15 heavy (non-hydrogen) atoms. The lowest BCUT2D eigenvalue weighted by molar-refractivity contribution is 0.308. The molecule has 0 amide bonds. The molecule has 0 aliphatic carbocycles. The number of nitrogens with two attached hydrogens (primary N) is 1. The van der Waals surface area contributed by atoms with Gasteiger partial charge in [0.15, 0.2) is 0 Å². The molecule has 0 saturated carbocycles. The lowest BCUT2D eigenvalue weighted by Crippen LogP contribution is -2.26. The summed E-state index contributed by atoms with van der Waals surface area (Å²) in [4.78, 5) is 10.7. The second-order valence-electron chi connectivity index (χ2n) is 3.80. The molecule has 2 N–H and O–H groups in total. The number of aromatic nitrogens is 2. The van der Waals surface area contributed by atoms with Gasteiger partial charge >= 0.3 is 0 Å². The molecule has 5 heteroatoms. The van der Waals surface area contributed by atoms with Crippen LogP contribution in [0, 0.1) is 0 Å². The first kappa shape index (κ1) is 10.3. The van der Waals surface area contributed by atoms with E-state index in [0.29, 0.717) is 11.9 Å². The van der Waals surface area contributed by atoms with Crippen LogP contribution < -0.4 is 10.5 Å². The molecular weight excluding hydrogens is 192 g/mol. The van der Waals surface area contributed by atoms with Crippen molar-refractivity contribution in [2.24, 2.45) is 5.73 Å². The standard InChI is InChI=1S/C10H16N4O/c1-15-10-9(12-3-4-13-10)7-14-5-2-8(11)6-14/h3-4,8H,2,5-7,11H2,1H3. The Bertz CT molecular complexity index is 331. The lowest BCUT2D eigenvalue weighted by Gasteiger charge is -2.15. The van der Waals surface area contributed by atoms with Gasteiger partial charge in [-0.15, -0.1) is 0 Å². The van der Waals surface area contributed by atoms with Crippen LogP contribution >= 0.6 is 0 Å². The van der Waals surface area contributed by atoms with Crippen molar-refractivity contribution in [3.63, 3.8) is 0 Å². The summed E-state index contributed by atoms with van der Waals surface area (Å²) >= 11 is 0. The van der Waals surface area contributed by atoms with Gasteiger partial charge in [-0.2, -0.15) is 0 Å². The molecule has 1 aromatic rings. The summed E-state index contributed by atoms with van der Waals surface area (Å²) in [6.07, 6.45) is 4.38. The van der Waals surface area contributed by atoms with Crippen molar-refractivity contribution in [1.29, 1.82) is 0 Å². The maximum Gasteiger partial charge on any atom is 0.236 e. The predicted molar refractivity (Wildman–Crippen MR) is 56.5 cm³/mol. The second-order valence-corrected chi connectivity index (χ2v) is 3.80. The van der Waals surface area contributed by atoms with Crippen LogP contribution in [0.4, 0.5) is 0 Å². The molecule has 1 atom stereocenters. The molecule has 1 saturated heterocycles. The van der Waals surface area contributed by atoms with Gasteiger partial charge in [0.25, 0.3) is 0 Å². The second kappa shape index (κ2) is 4.55. The summed E-state index contributed by atoms with van der Waals surface area (Å²) < 4.78 is 5.15. The average molecular weight is 208 g/mol. The topological polar surface area (TPSA) is 64.3 Å². The van der Waals surface area contributed by atoms with Crippen LogP contribution in [0.3, 0.4) is 0 Å². The Morgan fingerprint density at radius 3 is 3.00 bits per heavy atom. The number of likely N-dealkylation sites (tertiary alicyclic amines) is 1. The molecule has 1 aliphatic rings. The van der Waals surface area contributed by atoms with Crippen molar-refractivity contribution in [2.75, 3.05) is 20.2 Å². The summed E-state index contributed by atoms with van der Waals surface area (Å²) in [5.74, 6) is 0.609. The number of ether oxygens (including phenoxy) is 1. The van der Waals surface area contributed by atoms with E-state index in [1.807, 2.05) is 0 Å². The Balaban J connectivity index is 2.04. The van der Waals surface area contributed by atoms with Gasteiger partial charge in [-0.05, 0) is 6.42 Å². The van der Waals surface area contributed by atoms with Crippen molar-refractivity contribution in [2.45, 2.75) is 19.0 Å². The van der Waals surface area contributed by atoms with Crippen LogP contribution in [0.15, 0.2) is 12.4 Å². The number of methoxy groups -OCH3 is 1. The molecule has 0 aromatic carbocycles. The molecule has 82 valence electrons. The van der Waals surface area contributed by atoms with Crippen molar-refractivity contribution in [1.82, 2.24) is 14.9 Å². The number of nitrogens with zero attached hydrogens (tertiary/aromatic N) is 3. The fourth-order valence-corrected chi connectivity index (χ4v) is 1.85.